The summed E-state index contributed by atoms with van der Waals surface area (Å²) in [5.74, 6) is 0.969. The number of hydrogen-bond acceptors (Lipinski definition) is 3. The van der Waals surface area contributed by atoms with Gasteiger partial charge in [-0.3, -0.25) is 9.78 Å². The number of aromatic nitrogens is 1. The van der Waals surface area contributed by atoms with E-state index in [-0.39, 0.29) is 11.9 Å². The van der Waals surface area contributed by atoms with Crippen LogP contribution in [0, 0.1) is 0 Å². The van der Waals surface area contributed by atoms with Crippen molar-refractivity contribution >= 4 is 28.6 Å². The van der Waals surface area contributed by atoms with E-state index in [1.807, 2.05) is 54.2 Å². The van der Waals surface area contributed by atoms with Gasteiger partial charge in [0.25, 0.3) is 5.91 Å². The maximum absolute atomic E-state index is 12.8. The maximum Gasteiger partial charge on any atom is 0.253 e. The molecule has 1 N–H and O–H groups in total. The van der Waals surface area contributed by atoms with Gasteiger partial charge in [0.15, 0.2) is 0 Å². The van der Waals surface area contributed by atoms with Gasteiger partial charge in [-0.25, -0.2) is 0 Å². The quantitative estimate of drug-likeness (QED) is 0.769. The van der Waals surface area contributed by atoms with Gasteiger partial charge in [0.05, 0.1) is 17.1 Å². The van der Waals surface area contributed by atoms with Gasteiger partial charge in [-0.05, 0) is 30.2 Å². The van der Waals surface area contributed by atoms with Crippen LogP contribution in [0.25, 0.3) is 10.9 Å². The van der Waals surface area contributed by atoms with Crippen LogP contribution in [0.1, 0.15) is 28.4 Å². The van der Waals surface area contributed by atoms with E-state index in [9.17, 15) is 4.79 Å². The van der Waals surface area contributed by atoms with Crippen LogP contribution in [0.5, 0.6) is 0 Å². The number of benzene rings is 2. The lowest BCUT2D eigenvalue weighted by Gasteiger charge is -2.26. The Kier molecular flexibility index (Phi) is 3.75. The largest absolute Gasteiger partial charge is 0.345 e. The molecular formula is C19H16N2OS. The lowest BCUT2D eigenvalue weighted by Crippen LogP contribution is -2.30. The highest BCUT2D eigenvalue weighted by atomic mass is 32.2. The summed E-state index contributed by atoms with van der Waals surface area (Å²) in [5, 5.41) is 4.18. The third kappa shape index (κ3) is 2.70. The second kappa shape index (κ2) is 6.05. The molecule has 4 rings (SSSR count). The number of hydrogen-bond donors (Lipinski definition) is 1. The Morgan fingerprint density at radius 2 is 1.96 bits per heavy atom. The number of carbonyl (C=O) groups is 1. The predicted octanol–water partition coefficient (Wildman–Crippen LogP) is 4.20. The standard InChI is InChI=1S/C19H16N2OS/c22-19(15-8-3-5-13-6-4-11-20-18(13)15)21-16-10-12-23-17-9-2-1-7-14(16)17/h1-9,11,16H,10,12H2,(H,21,22)/t16-/m1/s1. The molecule has 0 unspecified atom stereocenters. The second-order valence-electron chi connectivity index (χ2n) is 5.58. The maximum atomic E-state index is 12.8. The fourth-order valence-electron chi connectivity index (χ4n) is 3.02. The zero-order chi connectivity index (χ0) is 15.6. The normalized spacial score (nSPS) is 16.8. The molecular weight excluding hydrogens is 304 g/mol. The number of nitrogens with one attached hydrogen (secondary N) is 1. The van der Waals surface area contributed by atoms with E-state index in [0.717, 1.165) is 23.1 Å². The summed E-state index contributed by atoms with van der Waals surface area (Å²) in [6.07, 6.45) is 2.68. The summed E-state index contributed by atoms with van der Waals surface area (Å²) in [4.78, 5) is 18.4. The molecule has 1 aliphatic heterocycles. The molecule has 4 heteroatoms. The first kappa shape index (κ1) is 14.3. The van der Waals surface area contributed by atoms with Crippen LogP contribution in [0.3, 0.4) is 0 Å². The molecule has 2 heterocycles. The molecule has 0 bridgehead atoms. The number of nitrogens with zero attached hydrogens (tertiary/aromatic N) is 1. The van der Waals surface area contributed by atoms with Crippen molar-refractivity contribution in [1.82, 2.24) is 10.3 Å². The molecule has 1 aromatic heterocycles. The van der Waals surface area contributed by atoms with Crippen molar-refractivity contribution < 1.29 is 4.79 Å². The highest BCUT2D eigenvalue weighted by molar-refractivity contribution is 7.99. The van der Waals surface area contributed by atoms with E-state index in [1.54, 1.807) is 6.20 Å². The summed E-state index contributed by atoms with van der Waals surface area (Å²) in [6, 6.07) is 18.0. The first-order chi connectivity index (χ1) is 11.3. The first-order valence-corrected chi connectivity index (χ1v) is 8.68. The van der Waals surface area contributed by atoms with Crippen LogP contribution in [-0.4, -0.2) is 16.6 Å². The first-order valence-electron chi connectivity index (χ1n) is 7.69. The summed E-state index contributed by atoms with van der Waals surface area (Å²) < 4.78 is 0. The smallest absolute Gasteiger partial charge is 0.253 e. The summed E-state index contributed by atoms with van der Waals surface area (Å²) in [5.41, 5.74) is 2.61. The van der Waals surface area contributed by atoms with Crippen LogP contribution in [0.4, 0.5) is 0 Å². The number of thioether (sulfide) groups is 1. The molecule has 0 saturated carbocycles. The fourth-order valence-corrected chi connectivity index (χ4v) is 4.14. The van der Waals surface area contributed by atoms with Crippen LogP contribution < -0.4 is 5.32 Å². The molecule has 3 nitrogen and oxygen atoms in total. The van der Waals surface area contributed by atoms with Gasteiger partial charge in [0.1, 0.15) is 0 Å². The molecule has 2 aromatic carbocycles. The van der Waals surface area contributed by atoms with Crippen LogP contribution >= 0.6 is 11.8 Å². The summed E-state index contributed by atoms with van der Waals surface area (Å²) in [6.45, 7) is 0. The highest BCUT2D eigenvalue weighted by Crippen LogP contribution is 2.36. The summed E-state index contributed by atoms with van der Waals surface area (Å²) >= 11 is 1.85. The Morgan fingerprint density at radius 3 is 2.91 bits per heavy atom. The van der Waals surface area contributed by atoms with Gasteiger partial charge in [-0.15, -0.1) is 11.8 Å². The van der Waals surface area contributed by atoms with Crippen molar-refractivity contribution in [3.05, 3.63) is 71.9 Å². The van der Waals surface area contributed by atoms with Crippen molar-refractivity contribution in [3.63, 3.8) is 0 Å². The Bertz CT molecular complexity index is 873. The molecule has 0 radical (unpaired) electrons. The van der Waals surface area contributed by atoms with E-state index in [0.29, 0.717) is 5.56 Å². The SMILES string of the molecule is O=C(N[C@@H]1CCSc2ccccc21)c1cccc2cccnc12. The van der Waals surface area contributed by atoms with Crippen LogP contribution in [-0.2, 0) is 0 Å². The molecule has 1 aliphatic rings. The zero-order valence-corrected chi connectivity index (χ0v) is 13.3. The monoisotopic (exact) mass is 320 g/mol. The average Bonchev–Trinajstić information content (AvgIpc) is 2.61. The van der Waals surface area contributed by atoms with E-state index in [4.69, 9.17) is 0 Å². The van der Waals surface area contributed by atoms with Gasteiger partial charge >= 0.3 is 0 Å². The van der Waals surface area contributed by atoms with Crippen molar-refractivity contribution in [2.45, 2.75) is 17.4 Å². The van der Waals surface area contributed by atoms with E-state index in [1.165, 1.54) is 10.5 Å². The number of pyridine rings is 1. The third-order valence-electron chi connectivity index (χ3n) is 4.14. The molecule has 3 aromatic rings. The van der Waals surface area contributed by atoms with Gasteiger partial charge in [-0.2, -0.15) is 0 Å². The fraction of sp³-hybridized carbons (Fsp3) is 0.158. The number of para-hydroxylation sites is 1. The van der Waals surface area contributed by atoms with Crippen LogP contribution in [0.15, 0.2) is 65.7 Å². The number of fused-ring (bicyclic) bond motifs is 2. The van der Waals surface area contributed by atoms with Crippen molar-refractivity contribution in [1.29, 1.82) is 0 Å². The minimum Gasteiger partial charge on any atom is -0.345 e. The van der Waals surface area contributed by atoms with E-state index >= 15 is 0 Å². The number of rotatable bonds is 2. The lowest BCUT2D eigenvalue weighted by molar-refractivity contribution is 0.0936. The minimum atomic E-state index is -0.0546. The lowest BCUT2D eigenvalue weighted by atomic mass is 10.0. The molecule has 0 saturated heterocycles. The van der Waals surface area contributed by atoms with Crippen molar-refractivity contribution in [2.24, 2.45) is 0 Å². The Morgan fingerprint density at radius 1 is 1.09 bits per heavy atom. The number of amides is 1. The molecule has 114 valence electrons. The molecule has 0 fully saturated rings. The van der Waals surface area contributed by atoms with Gasteiger partial charge < -0.3 is 5.32 Å². The minimum absolute atomic E-state index is 0.0546. The van der Waals surface area contributed by atoms with Gasteiger partial charge in [0, 0.05) is 22.2 Å². The molecule has 1 amide bonds. The van der Waals surface area contributed by atoms with E-state index < -0.39 is 0 Å². The molecule has 0 aliphatic carbocycles. The third-order valence-corrected chi connectivity index (χ3v) is 5.26. The Balaban J connectivity index is 1.66. The summed E-state index contributed by atoms with van der Waals surface area (Å²) in [7, 11) is 0. The Hall–Kier alpha value is -2.33. The van der Waals surface area contributed by atoms with E-state index in [2.05, 4.69) is 22.4 Å². The van der Waals surface area contributed by atoms with Gasteiger partial charge in [0.2, 0.25) is 0 Å². The van der Waals surface area contributed by atoms with Crippen molar-refractivity contribution in [3.8, 4) is 0 Å². The highest BCUT2D eigenvalue weighted by Gasteiger charge is 2.23. The van der Waals surface area contributed by atoms with Gasteiger partial charge in [-0.1, -0.05) is 36.4 Å². The van der Waals surface area contributed by atoms with Crippen molar-refractivity contribution in [2.75, 3.05) is 5.75 Å². The number of carbonyl (C=O) groups excluding carboxylic acids is 1. The average molecular weight is 320 g/mol. The van der Waals surface area contributed by atoms with Crippen LogP contribution in [0.2, 0.25) is 0 Å². The molecule has 23 heavy (non-hydrogen) atoms. The molecule has 1 atom stereocenters. The zero-order valence-electron chi connectivity index (χ0n) is 12.5. The topological polar surface area (TPSA) is 42.0 Å². The second-order valence-corrected chi connectivity index (χ2v) is 6.72. The Labute approximate surface area is 139 Å². The predicted molar refractivity (Wildman–Crippen MR) is 93.7 cm³/mol. The molecule has 0 spiro atoms.